The van der Waals surface area contributed by atoms with Crippen molar-refractivity contribution in [2.75, 3.05) is 13.1 Å². The number of hydrogen-bond acceptors (Lipinski definition) is 5. The third kappa shape index (κ3) is 3.31. The molecule has 1 aliphatic heterocycles. The Hall–Kier alpha value is -2.28. The predicted octanol–water partition coefficient (Wildman–Crippen LogP) is 2.22. The van der Waals surface area contributed by atoms with E-state index in [1.807, 2.05) is 6.92 Å². The molecule has 24 heavy (non-hydrogen) atoms. The summed E-state index contributed by atoms with van der Waals surface area (Å²) < 4.78 is 18.9. The standard InChI is InChI=1S/C17H21FN4O2/c1-9-4-5-12(6-14(9)18)15-21-17(24-22-15)11(3)20-16(23)10(2)13-7-19-8-13/h4-6,10-11,13,19H,7-8H2,1-3H3,(H,20,23). The number of aromatic nitrogens is 2. The zero-order valence-electron chi connectivity index (χ0n) is 14.0. The number of nitrogens with one attached hydrogen (secondary N) is 2. The van der Waals surface area contributed by atoms with Crippen molar-refractivity contribution >= 4 is 5.91 Å². The van der Waals surface area contributed by atoms with Crippen LogP contribution in [-0.4, -0.2) is 29.1 Å². The first-order valence-corrected chi connectivity index (χ1v) is 8.07. The number of carbonyl (C=O) groups excluding carboxylic acids is 1. The fourth-order valence-electron chi connectivity index (χ4n) is 2.55. The molecular weight excluding hydrogens is 311 g/mol. The van der Waals surface area contributed by atoms with Crippen LogP contribution in [0.2, 0.25) is 0 Å². The monoisotopic (exact) mass is 332 g/mol. The van der Waals surface area contributed by atoms with Crippen molar-refractivity contribution in [3.05, 3.63) is 35.5 Å². The molecule has 0 bridgehead atoms. The number of nitrogens with zero attached hydrogens (tertiary/aromatic N) is 2. The largest absolute Gasteiger partial charge is 0.344 e. The molecule has 0 saturated carbocycles. The lowest BCUT2D eigenvalue weighted by atomic mass is 9.88. The minimum absolute atomic E-state index is 0.0323. The lowest BCUT2D eigenvalue weighted by Gasteiger charge is -2.32. The summed E-state index contributed by atoms with van der Waals surface area (Å²) in [6.45, 7) is 7.13. The maximum atomic E-state index is 13.7. The molecule has 0 spiro atoms. The van der Waals surface area contributed by atoms with Gasteiger partial charge in [0.05, 0.1) is 0 Å². The Bertz CT molecular complexity index is 742. The highest BCUT2D eigenvalue weighted by Gasteiger charge is 2.30. The molecule has 3 rings (SSSR count). The van der Waals surface area contributed by atoms with Gasteiger partial charge in [-0.3, -0.25) is 4.79 Å². The van der Waals surface area contributed by atoms with E-state index in [4.69, 9.17) is 4.52 Å². The fraction of sp³-hybridized carbons (Fsp3) is 0.471. The average Bonchev–Trinajstić information content (AvgIpc) is 2.98. The normalized spacial score (nSPS) is 17.2. The van der Waals surface area contributed by atoms with E-state index in [0.717, 1.165) is 13.1 Å². The van der Waals surface area contributed by atoms with E-state index in [-0.39, 0.29) is 17.6 Å². The maximum absolute atomic E-state index is 13.7. The van der Waals surface area contributed by atoms with E-state index >= 15 is 0 Å². The molecule has 1 amide bonds. The van der Waals surface area contributed by atoms with Crippen molar-refractivity contribution in [1.29, 1.82) is 0 Å². The molecule has 2 N–H and O–H groups in total. The van der Waals surface area contributed by atoms with Gasteiger partial charge in [-0.1, -0.05) is 24.2 Å². The van der Waals surface area contributed by atoms with Crippen LogP contribution in [0.4, 0.5) is 4.39 Å². The summed E-state index contributed by atoms with van der Waals surface area (Å²) in [5.74, 6) is 0.561. The van der Waals surface area contributed by atoms with Crippen LogP contribution in [0.5, 0.6) is 0 Å². The van der Waals surface area contributed by atoms with E-state index in [9.17, 15) is 9.18 Å². The number of amides is 1. The van der Waals surface area contributed by atoms with E-state index in [1.54, 1.807) is 26.0 Å². The molecule has 0 aliphatic carbocycles. The van der Waals surface area contributed by atoms with Gasteiger partial charge in [0, 0.05) is 11.5 Å². The van der Waals surface area contributed by atoms with Gasteiger partial charge in [0.1, 0.15) is 11.9 Å². The van der Waals surface area contributed by atoms with Gasteiger partial charge in [-0.2, -0.15) is 4.98 Å². The molecule has 2 atom stereocenters. The molecule has 2 unspecified atom stereocenters. The van der Waals surface area contributed by atoms with Crippen molar-refractivity contribution in [3.8, 4) is 11.4 Å². The number of carbonyl (C=O) groups is 1. The Morgan fingerprint density at radius 2 is 2.17 bits per heavy atom. The van der Waals surface area contributed by atoms with Gasteiger partial charge in [-0.15, -0.1) is 0 Å². The molecule has 2 heterocycles. The Balaban J connectivity index is 1.67. The summed E-state index contributed by atoms with van der Waals surface area (Å²) >= 11 is 0. The Morgan fingerprint density at radius 3 is 2.79 bits per heavy atom. The van der Waals surface area contributed by atoms with Gasteiger partial charge in [-0.05, 0) is 44.5 Å². The molecule has 1 aliphatic rings. The van der Waals surface area contributed by atoms with Crippen molar-refractivity contribution < 1.29 is 13.7 Å². The number of aryl methyl sites for hydroxylation is 1. The lowest BCUT2D eigenvalue weighted by Crippen LogP contribution is -2.49. The van der Waals surface area contributed by atoms with Gasteiger partial charge < -0.3 is 15.2 Å². The second-order valence-electron chi connectivity index (χ2n) is 6.36. The maximum Gasteiger partial charge on any atom is 0.249 e. The van der Waals surface area contributed by atoms with E-state index in [0.29, 0.717) is 28.8 Å². The van der Waals surface area contributed by atoms with E-state index < -0.39 is 6.04 Å². The number of hydrogen-bond donors (Lipinski definition) is 2. The topological polar surface area (TPSA) is 80.0 Å². The molecule has 1 aromatic carbocycles. The fourth-order valence-corrected chi connectivity index (χ4v) is 2.55. The molecular formula is C17H21FN4O2. The quantitative estimate of drug-likeness (QED) is 0.877. The highest BCUT2D eigenvalue weighted by molar-refractivity contribution is 5.79. The van der Waals surface area contributed by atoms with Crippen molar-refractivity contribution in [2.24, 2.45) is 11.8 Å². The third-order valence-corrected chi connectivity index (χ3v) is 4.53. The predicted molar refractivity (Wildman–Crippen MR) is 86.5 cm³/mol. The molecule has 2 aromatic rings. The average molecular weight is 332 g/mol. The zero-order valence-corrected chi connectivity index (χ0v) is 14.0. The first kappa shape index (κ1) is 16.6. The van der Waals surface area contributed by atoms with E-state index in [2.05, 4.69) is 20.8 Å². The Labute approximate surface area is 139 Å². The first-order valence-electron chi connectivity index (χ1n) is 8.07. The SMILES string of the molecule is Cc1ccc(-c2noc(C(C)NC(=O)C(C)C3CNC3)n2)cc1F. The molecule has 0 radical (unpaired) electrons. The summed E-state index contributed by atoms with van der Waals surface area (Å²) in [5, 5.41) is 9.93. The van der Waals surface area contributed by atoms with Crippen LogP contribution in [-0.2, 0) is 4.79 Å². The van der Waals surface area contributed by atoms with Gasteiger partial charge in [0.2, 0.25) is 17.6 Å². The summed E-state index contributed by atoms with van der Waals surface area (Å²) in [5.41, 5.74) is 1.10. The van der Waals surface area contributed by atoms with Crippen LogP contribution in [0.3, 0.4) is 0 Å². The lowest BCUT2D eigenvalue weighted by molar-refractivity contribution is -0.127. The summed E-state index contributed by atoms with van der Waals surface area (Å²) in [4.78, 5) is 16.5. The third-order valence-electron chi connectivity index (χ3n) is 4.53. The molecule has 7 heteroatoms. The Kier molecular flexibility index (Phi) is 4.62. The van der Waals surface area contributed by atoms with Crippen LogP contribution in [0, 0.1) is 24.6 Å². The summed E-state index contributed by atoms with van der Waals surface area (Å²) in [6.07, 6.45) is 0. The number of halogens is 1. The second kappa shape index (κ2) is 6.68. The minimum Gasteiger partial charge on any atom is -0.344 e. The van der Waals surface area contributed by atoms with Gasteiger partial charge >= 0.3 is 0 Å². The Morgan fingerprint density at radius 1 is 1.42 bits per heavy atom. The minimum atomic E-state index is -0.399. The molecule has 6 nitrogen and oxygen atoms in total. The summed E-state index contributed by atoms with van der Waals surface area (Å²) in [7, 11) is 0. The highest BCUT2D eigenvalue weighted by Crippen LogP contribution is 2.22. The van der Waals surface area contributed by atoms with Gasteiger partial charge in [-0.25, -0.2) is 4.39 Å². The van der Waals surface area contributed by atoms with Crippen molar-refractivity contribution in [2.45, 2.75) is 26.8 Å². The molecule has 1 saturated heterocycles. The van der Waals surface area contributed by atoms with Crippen LogP contribution in [0.15, 0.2) is 22.7 Å². The van der Waals surface area contributed by atoms with Crippen LogP contribution < -0.4 is 10.6 Å². The van der Waals surface area contributed by atoms with Crippen LogP contribution in [0.25, 0.3) is 11.4 Å². The van der Waals surface area contributed by atoms with Crippen molar-refractivity contribution in [1.82, 2.24) is 20.8 Å². The van der Waals surface area contributed by atoms with Crippen LogP contribution >= 0.6 is 0 Å². The molecule has 128 valence electrons. The van der Waals surface area contributed by atoms with E-state index in [1.165, 1.54) is 6.07 Å². The zero-order chi connectivity index (χ0) is 17.3. The van der Waals surface area contributed by atoms with Crippen molar-refractivity contribution in [3.63, 3.8) is 0 Å². The molecule has 1 aromatic heterocycles. The smallest absolute Gasteiger partial charge is 0.249 e. The van der Waals surface area contributed by atoms with Gasteiger partial charge in [0.25, 0.3) is 0 Å². The molecule has 1 fully saturated rings. The number of benzene rings is 1. The van der Waals surface area contributed by atoms with Gasteiger partial charge in [0.15, 0.2) is 0 Å². The number of rotatable bonds is 5. The summed E-state index contributed by atoms with van der Waals surface area (Å²) in [6, 6.07) is 4.38. The van der Waals surface area contributed by atoms with Crippen LogP contribution in [0.1, 0.15) is 31.3 Å². The highest BCUT2D eigenvalue weighted by atomic mass is 19.1. The first-order chi connectivity index (χ1) is 11.5. The second-order valence-corrected chi connectivity index (χ2v) is 6.36.